The van der Waals surface area contributed by atoms with Crippen molar-refractivity contribution in [3.8, 4) is 11.5 Å². The van der Waals surface area contributed by atoms with Crippen LogP contribution in [0.5, 0.6) is 0 Å². The molecule has 10 heteroatoms. The van der Waals surface area contributed by atoms with E-state index in [1.807, 2.05) is 20.8 Å². The van der Waals surface area contributed by atoms with Crippen molar-refractivity contribution in [2.75, 3.05) is 18.9 Å². The number of benzene rings is 2. The van der Waals surface area contributed by atoms with Crippen LogP contribution < -0.4 is 5.32 Å². The molecule has 1 fully saturated rings. The Labute approximate surface area is 201 Å². The number of hydrogen-bond donors (Lipinski definition) is 1. The molecular weight excluding hydrogens is 461 g/mol. The molecule has 3 aromatic rings. The highest BCUT2D eigenvalue weighted by Gasteiger charge is 2.51. The van der Waals surface area contributed by atoms with Gasteiger partial charge in [0.05, 0.1) is 22.2 Å². The van der Waals surface area contributed by atoms with Crippen molar-refractivity contribution in [1.82, 2.24) is 15.1 Å². The zero-order valence-electron chi connectivity index (χ0n) is 19.9. The summed E-state index contributed by atoms with van der Waals surface area (Å²) in [5.41, 5.74) is -0.0247. The molecule has 186 valence electrons. The number of alkyl halides is 3. The number of rotatable bonds is 6. The molecule has 1 N–H and O–H groups in total. The lowest BCUT2D eigenvalue weighted by Crippen LogP contribution is -2.38. The lowest BCUT2D eigenvalue weighted by Gasteiger charge is -2.26. The molecule has 1 aliphatic rings. The van der Waals surface area contributed by atoms with Crippen LogP contribution in [0.3, 0.4) is 0 Å². The highest BCUT2D eigenvalue weighted by atomic mass is 19.4. The Morgan fingerprint density at radius 1 is 1.09 bits per heavy atom. The molecule has 1 heterocycles. The summed E-state index contributed by atoms with van der Waals surface area (Å²) in [6.45, 7) is 5.82. The lowest BCUT2D eigenvalue weighted by molar-refractivity contribution is -0.137. The van der Waals surface area contributed by atoms with Crippen LogP contribution in [0.1, 0.15) is 45.1 Å². The number of likely N-dealkylation sites (N-methyl/N-ethyl adjacent to an activating group) is 1. The number of hydrogen-bond acceptors (Lipinski definition) is 6. The van der Waals surface area contributed by atoms with Gasteiger partial charge in [0.2, 0.25) is 11.8 Å². The Morgan fingerprint density at radius 2 is 1.74 bits per heavy atom. The number of carbonyl (C=O) groups is 1. The van der Waals surface area contributed by atoms with Crippen LogP contribution in [0.2, 0.25) is 0 Å². The van der Waals surface area contributed by atoms with Gasteiger partial charge in [-0.2, -0.15) is 13.2 Å². The highest BCUT2D eigenvalue weighted by Crippen LogP contribution is 2.49. The van der Waals surface area contributed by atoms with Crippen LogP contribution in [0.25, 0.3) is 11.5 Å². The van der Waals surface area contributed by atoms with Gasteiger partial charge in [-0.3, -0.25) is 0 Å². The number of amides is 1. The van der Waals surface area contributed by atoms with Crippen molar-refractivity contribution in [2.24, 2.45) is 0 Å². The third-order valence-corrected chi connectivity index (χ3v) is 5.63. The summed E-state index contributed by atoms with van der Waals surface area (Å²) in [6.07, 6.45) is -3.22. The summed E-state index contributed by atoms with van der Waals surface area (Å²) >= 11 is 0. The number of halogens is 3. The zero-order valence-corrected chi connectivity index (χ0v) is 19.9. The first-order chi connectivity index (χ1) is 16.4. The fraction of sp³-hybridized carbons (Fsp3) is 0.400. The molecule has 0 atom stereocenters. The Morgan fingerprint density at radius 3 is 2.34 bits per heavy atom. The van der Waals surface area contributed by atoms with Crippen molar-refractivity contribution in [1.29, 1.82) is 0 Å². The Kier molecular flexibility index (Phi) is 6.25. The Hall–Kier alpha value is -3.56. The van der Waals surface area contributed by atoms with E-state index in [-0.39, 0.29) is 5.89 Å². The van der Waals surface area contributed by atoms with E-state index in [4.69, 9.17) is 9.15 Å². The van der Waals surface area contributed by atoms with Crippen LogP contribution >= 0.6 is 0 Å². The average molecular weight is 489 g/mol. The second-order valence-corrected chi connectivity index (χ2v) is 9.77. The third kappa shape index (κ3) is 5.75. The van der Waals surface area contributed by atoms with Crippen LogP contribution in [-0.4, -0.2) is 40.4 Å². The standard InChI is InChI=1S/C25H27F3N4O3/c1-23(2,3)35-22(33)32(4)15-24(13-14-24)21-31-30-20(34-21)18-7-5-6-8-19(18)29-17-11-9-16(10-12-17)25(26,27)28/h5-12,29H,13-15H2,1-4H3. The van der Waals surface area contributed by atoms with Crippen molar-refractivity contribution < 1.29 is 27.1 Å². The molecule has 35 heavy (non-hydrogen) atoms. The molecule has 1 aliphatic carbocycles. The van der Waals surface area contributed by atoms with Gasteiger partial charge in [-0.05, 0) is 70.0 Å². The summed E-state index contributed by atoms with van der Waals surface area (Å²) < 4.78 is 50.0. The van der Waals surface area contributed by atoms with Crippen molar-refractivity contribution >= 4 is 17.5 Å². The third-order valence-electron chi connectivity index (χ3n) is 5.63. The van der Waals surface area contributed by atoms with Crippen molar-refractivity contribution in [3.05, 3.63) is 60.0 Å². The fourth-order valence-corrected chi connectivity index (χ4v) is 3.67. The van der Waals surface area contributed by atoms with Gasteiger partial charge in [0.1, 0.15) is 5.60 Å². The van der Waals surface area contributed by atoms with Gasteiger partial charge in [0.15, 0.2) is 0 Å². The summed E-state index contributed by atoms with van der Waals surface area (Å²) in [5, 5.41) is 11.6. The SMILES string of the molecule is CN(CC1(c2nnc(-c3ccccc3Nc3ccc(C(F)(F)F)cc3)o2)CC1)C(=O)OC(C)(C)C. The maximum atomic E-state index is 12.9. The minimum atomic E-state index is -4.40. The number of anilines is 2. The molecular formula is C25H27F3N4O3. The molecule has 1 amide bonds. The second-order valence-electron chi connectivity index (χ2n) is 9.77. The first-order valence-corrected chi connectivity index (χ1v) is 11.2. The monoisotopic (exact) mass is 488 g/mol. The maximum absolute atomic E-state index is 12.9. The second kappa shape index (κ2) is 8.90. The summed E-state index contributed by atoms with van der Waals surface area (Å²) in [6, 6.07) is 11.9. The van der Waals surface area contributed by atoms with Crippen LogP contribution in [-0.2, 0) is 16.3 Å². The molecule has 1 aromatic heterocycles. The molecule has 0 spiro atoms. The number of carbonyl (C=O) groups excluding carboxylic acids is 1. The topological polar surface area (TPSA) is 80.5 Å². The number of aromatic nitrogens is 2. The first kappa shape index (κ1) is 24.6. The van der Waals surface area contributed by atoms with Crippen molar-refractivity contribution in [3.63, 3.8) is 0 Å². The van der Waals surface area contributed by atoms with E-state index in [9.17, 15) is 18.0 Å². The largest absolute Gasteiger partial charge is 0.444 e. The van der Waals surface area contributed by atoms with Crippen molar-refractivity contribution in [2.45, 2.75) is 50.8 Å². The average Bonchev–Trinajstić information content (AvgIpc) is 3.37. The van der Waals surface area contributed by atoms with Gasteiger partial charge < -0.3 is 19.4 Å². The number of para-hydroxylation sites is 1. The van der Waals surface area contributed by atoms with Gasteiger partial charge in [0.25, 0.3) is 0 Å². The maximum Gasteiger partial charge on any atom is 0.416 e. The van der Waals surface area contributed by atoms with E-state index in [1.165, 1.54) is 17.0 Å². The molecule has 0 saturated heterocycles. The molecule has 0 bridgehead atoms. The van der Waals surface area contributed by atoms with Crippen LogP contribution in [0.15, 0.2) is 52.9 Å². The lowest BCUT2D eigenvalue weighted by atomic mass is 10.1. The highest BCUT2D eigenvalue weighted by molar-refractivity contribution is 5.76. The minimum absolute atomic E-state index is 0.279. The first-order valence-electron chi connectivity index (χ1n) is 11.2. The Balaban J connectivity index is 1.51. The minimum Gasteiger partial charge on any atom is -0.444 e. The van der Waals surface area contributed by atoms with E-state index in [2.05, 4.69) is 15.5 Å². The molecule has 0 aliphatic heterocycles. The predicted octanol–water partition coefficient (Wildman–Crippen LogP) is 6.40. The van der Waals surface area contributed by atoms with E-state index in [0.29, 0.717) is 29.4 Å². The van der Waals surface area contributed by atoms with E-state index >= 15 is 0 Å². The van der Waals surface area contributed by atoms with Gasteiger partial charge in [0, 0.05) is 19.3 Å². The van der Waals surface area contributed by atoms with Crippen LogP contribution in [0, 0.1) is 0 Å². The predicted molar refractivity (Wildman–Crippen MR) is 124 cm³/mol. The molecule has 1 saturated carbocycles. The zero-order chi connectivity index (χ0) is 25.4. The normalized spacial score (nSPS) is 14.9. The smallest absolute Gasteiger partial charge is 0.416 e. The number of nitrogens with one attached hydrogen (secondary N) is 1. The summed E-state index contributed by atoms with van der Waals surface area (Å²) in [4.78, 5) is 13.9. The van der Waals surface area contributed by atoms with Gasteiger partial charge >= 0.3 is 12.3 Å². The van der Waals surface area contributed by atoms with E-state index < -0.39 is 28.8 Å². The molecule has 0 unspecified atom stereocenters. The van der Waals surface area contributed by atoms with Gasteiger partial charge in [-0.15, -0.1) is 10.2 Å². The summed E-state index contributed by atoms with van der Waals surface area (Å²) in [7, 11) is 1.68. The van der Waals surface area contributed by atoms with Gasteiger partial charge in [-0.1, -0.05) is 12.1 Å². The van der Waals surface area contributed by atoms with Crippen LogP contribution in [0.4, 0.5) is 29.3 Å². The number of nitrogens with zero attached hydrogens (tertiary/aromatic N) is 3. The molecule has 2 aromatic carbocycles. The van der Waals surface area contributed by atoms with E-state index in [0.717, 1.165) is 25.0 Å². The molecule has 7 nitrogen and oxygen atoms in total. The number of ether oxygens (including phenoxy) is 1. The molecule has 0 radical (unpaired) electrons. The Bertz CT molecular complexity index is 1200. The fourth-order valence-electron chi connectivity index (χ4n) is 3.67. The van der Waals surface area contributed by atoms with Gasteiger partial charge in [-0.25, -0.2) is 4.79 Å². The van der Waals surface area contributed by atoms with E-state index in [1.54, 1.807) is 31.3 Å². The quantitative estimate of drug-likeness (QED) is 0.433. The summed E-state index contributed by atoms with van der Waals surface area (Å²) in [5.74, 6) is 0.716. The molecule has 4 rings (SSSR count).